The van der Waals surface area contributed by atoms with Gasteiger partial charge in [-0.1, -0.05) is 24.3 Å². The van der Waals surface area contributed by atoms with Crippen molar-refractivity contribution < 1.29 is 0 Å². The lowest BCUT2D eigenvalue weighted by Gasteiger charge is -2.24. The summed E-state index contributed by atoms with van der Waals surface area (Å²) in [6.07, 6.45) is 2.39. The standard InChI is InChI=1S/C19H19N3/c20-13-14-1-3-15(4-2-14)16-5-6-17-11-18-7-8-21-9-10-22(18)19(17)12-16/h1-6,12,18,21H,7-11H2. The number of anilines is 1. The molecule has 0 aliphatic carbocycles. The smallest absolute Gasteiger partial charge is 0.0991 e. The lowest BCUT2D eigenvalue weighted by Crippen LogP contribution is -2.32. The molecule has 0 amide bonds. The molecule has 22 heavy (non-hydrogen) atoms. The van der Waals surface area contributed by atoms with E-state index in [0.717, 1.165) is 19.6 Å². The predicted molar refractivity (Wildman–Crippen MR) is 88.9 cm³/mol. The molecule has 1 atom stereocenters. The van der Waals surface area contributed by atoms with Crippen LogP contribution in [0.4, 0.5) is 5.69 Å². The van der Waals surface area contributed by atoms with Crippen molar-refractivity contribution >= 4 is 5.69 Å². The highest BCUT2D eigenvalue weighted by atomic mass is 15.2. The van der Waals surface area contributed by atoms with Crippen LogP contribution in [0.5, 0.6) is 0 Å². The van der Waals surface area contributed by atoms with Gasteiger partial charge in [0.2, 0.25) is 0 Å². The first-order chi connectivity index (χ1) is 10.8. The predicted octanol–water partition coefficient (Wildman–Crippen LogP) is 2.95. The van der Waals surface area contributed by atoms with Gasteiger partial charge in [0.25, 0.3) is 0 Å². The van der Waals surface area contributed by atoms with E-state index in [1.165, 1.54) is 35.2 Å². The molecule has 0 aromatic heterocycles. The molecule has 2 aromatic rings. The Labute approximate surface area is 131 Å². The minimum Gasteiger partial charge on any atom is -0.367 e. The lowest BCUT2D eigenvalue weighted by atomic mass is 10.0. The summed E-state index contributed by atoms with van der Waals surface area (Å²) >= 11 is 0. The third kappa shape index (κ3) is 2.26. The van der Waals surface area contributed by atoms with Gasteiger partial charge in [-0.15, -0.1) is 0 Å². The maximum Gasteiger partial charge on any atom is 0.0991 e. The average molecular weight is 289 g/mol. The summed E-state index contributed by atoms with van der Waals surface area (Å²) in [5.41, 5.74) is 6.00. The Morgan fingerprint density at radius 1 is 1.05 bits per heavy atom. The zero-order chi connectivity index (χ0) is 14.9. The Balaban J connectivity index is 1.69. The third-order valence-corrected chi connectivity index (χ3v) is 4.82. The van der Waals surface area contributed by atoms with Gasteiger partial charge in [0, 0.05) is 24.8 Å². The molecule has 2 aliphatic heterocycles. The van der Waals surface area contributed by atoms with Crippen molar-refractivity contribution in [2.45, 2.75) is 18.9 Å². The number of hydrogen-bond acceptors (Lipinski definition) is 3. The molecule has 0 saturated carbocycles. The van der Waals surface area contributed by atoms with E-state index in [2.05, 4.69) is 34.5 Å². The number of nitrogens with zero attached hydrogens (tertiary/aromatic N) is 2. The molecule has 2 heterocycles. The van der Waals surface area contributed by atoms with Gasteiger partial charge < -0.3 is 10.2 Å². The normalized spacial score (nSPS) is 20.0. The van der Waals surface area contributed by atoms with Gasteiger partial charge in [-0.3, -0.25) is 0 Å². The zero-order valence-electron chi connectivity index (χ0n) is 12.5. The Bertz CT molecular complexity index is 727. The fourth-order valence-corrected chi connectivity index (χ4v) is 3.64. The lowest BCUT2D eigenvalue weighted by molar-refractivity contribution is 0.612. The maximum atomic E-state index is 8.92. The second kappa shape index (κ2) is 5.47. The van der Waals surface area contributed by atoms with Crippen LogP contribution in [-0.2, 0) is 6.42 Å². The van der Waals surface area contributed by atoms with Crippen molar-refractivity contribution in [2.75, 3.05) is 24.5 Å². The number of rotatable bonds is 1. The Morgan fingerprint density at radius 3 is 2.68 bits per heavy atom. The molecule has 2 aliphatic rings. The minimum absolute atomic E-state index is 0.654. The van der Waals surface area contributed by atoms with Crippen molar-refractivity contribution in [1.29, 1.82) is 5.26 Å². The van der Waals surface area contributed by atoms with E-state index in [1.807, 2.05) is 24.3 Å². The van der Waals surface area contributed by atoms with E-state index in [0.29, 0.717) is 11.6 Å². The summed E-state index contributed by atoms with van der Waals surface area (Å²) in [4.78, 5) is 2.57. The minimum atomic E-state index is 0.654. The van der Waals surface area contributed by atoms with Crippen molar-refractivity contribution in [2.24, 2.45) is 0 Å². The summed E-state index contributed by atoms with van der Waals surface area (Å²) in [7, 11) is 0. The van der Waals surface area contributed by atoms with Crippen LogP contribution in [0, 0.1) is 11.3 Å². The molecule has 1 fully saturated rings. The topological polar surface area (TPSA) is 39.1 Å². The Kier molecular flexibility index (Phi) is 3.32. The summed E-state index contributed by atoms with van der Waals surface area (Å²) < 4.78 is 0. The second-order valence-corrected chi connectivity index (χ2v) is 6.12. The molecule has 110 valence electrons. The van der Waals surface area contributed by atoms with Crippen LogP contribution in [-0.4, -0.2) is 25.7 Å². The summed E-state index contributed by atoms with van der Waals surface area (Å²) in [6.45, 7) is 3.28. The number of fused-ring (bicyclic) bond motifs is 3. The maximum absolute atomic E-state index is 8.92. The average Bonchev–Trinajstić information content (AvgIpc) is 2.75. The monoisotopic (exact) mass is 289 g/mol. The summed E-state index contributed by atoms with van der Waals surface area (Å²) in [5.74, 6) is 0. The van der Waals surface area contributed by atoms with E-state index in [4.69, 9.17) is 5.26 Å². The highest BCUT2D eigenvalue weighted by molar-refractivity contribution is 5.73. The molecule has 3 heteroatoms. The SMILES string of the molecule is N#Cc1ccc(-c2ccc3c(c2)N2CCNCCC2C3)cc1. The van der Waals surface area contributed by atoms with Crippen LogP contribution in [0.15, 0.2) is 42.5 Å². The van der Waals surface area contributed by atoms with Crippen molar-refractivity contribution in [3.8, 4) is 17.2 Å². The number of hydrogen-bond donors (Lipinski definition) is 1. The zero-order valence-corrected chi connectivity index (χ0v) is 12.5. The van der Waals surface area contributed by atoms with E-state index in [-0.39, 0.29) is 0 Å². The molecule has 0 bridgehead atoms. The van der Waals surface area contributed by atoms with E-state index in [9.17, 15) is 0 Å². The molecule has 2 aromatic carbocycles. The molecule has 1 saturated heterocycles. The summed E-state index contributed by atoms with van der Waals surface area (Å²) in [6, 6.07) is 17.5. The van der Waals surface area contributed by atoms with Gasteiger partial charge in [-0.05, 0) is 54.3 Å². The molecule has 3 nitrogen and oxygen atoms in total. The van der Waals surface area contributed by atoms with Crippen molar-refractivity contribution in [3.63, 3.8) is 0 Å². The highest BCUT2D eigenvalue weighted by Crippen LogP contribution is 2.37. The van der Waals surface area contributed by atoms with Gasteiger partial charge in [0.05, 0.1) is 11.6 Å². The van der Waals surface area contributed by atoms with Crippen LogP contribution in [0.1, 0.15) is 17.5 Å². The first kappa shape index (κ1) is 13.4. The largest absolute Gasteiger partial charge is 0.367 e. The van der Waals surface area contributed by atoms with Gasteiger partial charge >= 0.3 is 0 Å². The van der Waals surface area contributed by atoms with Gasteiger partial charge in [-0.25, -0.2) is 0 Å². The van der Waals surface area contributed by atoms with E-state index >= 15 is 0 Å². The molecular weight excluding hydrogens is 270 g/mol. The van der Waals surface area contributed by atoms with Crippen molar-refractivity contribution in [1.82, 2.24) is 5.32 Å². The van der Waals surface area contributed by atoms with E-state index < -0.39 is 0 Å². The van der Waals surface area contributed by atoms with Gasteiger partial charge in [0.15, 0.2) is 0 Å². The van der Waals surface area contributed by atoms with Gasteiger partial charge in [0.1, 0.15) is 0 Å². The number of nitriles is 1. The van der Waals surface area contributed by atoms with Gasteiger partial charge in [-0.2, -0.15) is 5.26 Å². The van der Waals surface area contributed by atoms with Crippen LogP contribution in [0.3, 0.4) is 0 Å². The first-order valence-corrected chi connectivity index (χ1v) is 7.96. The first-order valence-electron chi connectivity index (χ1n) is 7.96. The number of benzene rings is 2. The molecule has 0 radical (unpaired) electrons. The second-order valence-electron chi connectivity index (χ2n) is 6.12. The third-order valence-electron chi connectivity index (χ3n) is 4.82. The molecule has 1 N–H and O–H groups in total. The fourth-order valence-electron chi connectivity index (χ4n) is 3.64. The molecular formula is C19H19N3. The molecule has 0 spiro atoms. The van der Waals surface area contributed by atoms with Crippen LogP contribution in [0.2, 0.25) is 0 Å². The highest BCUT2D eigenvalue weighted by Gasteiger charge is 2.30. The quantitative estimate of drug-likeness (QED) is 0.877. The van der Waals surface area contributed by atoms with E-state index in [1.54, 1.807) is 0 Å². The molecule has 1 unspecified atom stereocenters. The van der Waals surface area contributed by atoms with Crippen molar-refractivity contribution in [3.05, 3.63) is 53.6 Å². The number of nitrogens with one attached hydrogen (secondary N) is 1. The van der Waals surface area contributed by atoms with Crippen LogP contribution >= 0.6 is 0 Å². The summed E-state index contributed by atoms with van der Waals surface area (Å²) in [5, 5.41) is 12.4. The van der Waals surface area contributed by atoms with Crippen LogP contribution < -0.4 is 10.2 Å². The molecule has 4 rings (SSSR count). The Hall–Kier alpha value is -2.31. The fraction of sp³-hybridized carbons (Fsp3) is 0.316. The Morgan fingerprint density at radius 2 is 1.86 bits per heavy atom. The van der Waals surface area contributed by atoms with Crippen LogP contribution in [0.25, 0.3) is 11.1 Å².